The fraction of sp³-hybridized carbons (Fsp3) is 0.444. The van der Waals surface area contributed by atoms with E-state index in [-0.39, 0.29) is 43.2 Å². The smallest absolute Gasteiger partial charge is 0.407 e. The zero-order valence-corrected chi connectivity index (χ0v) is 20.3. The average Bonchev–Trinajstić information content (AvgIpc) is 3.10. The first-order chi connectivity index (χ1) is 16.2. The molecule has 1 aliphatic rings. The molecule has 2 amide bonds. The molecule has 2 aromatic rings. The van der Waals surface area contributed by atoms with Crippen molar-refractivity contribution in [1.29, 1.82) is 0 Å². The van der Waals surface area contributed by atoms with Crippen molar-refractivity contribution in [2.75, 3.05) is 19.7 Å². The Balaban J connectivity index is 1.63. The van der Waals surface area contributed by atoms with Gasteiger partial charge in [-0.05, 0) is 34.1 Å². The number of alkyl carbamates (subject to hydrolysis) is 1. The van der Waals surface area contributed by atoms with Crippen molar-refractivity contribution in [2.45, 2.75) is 46.1 Å². The monoisotopic (exact) mass is 466 g/mol. The summed E-state index contributed by atoms with van der Waals surface area (Å²) in [6.07, 6.45) is -0.566. The number of carboxylic acids is 1. The lowest BCUT2D eigenvalue weighted by Gasteiger charge is -2.27. The molecule has 34 heavy (non-hydrogen) atoms. The Hall–Kier alpha value is -3.35. The number of amides is 2. The van der Waals surface area contributed by atoms with Crippen molar-refractivity contribution in [3.8, 4) is 11.1 Å². The number of carboxylic acid groups (broad SMARTS) is 1. The highest BCUT2D eigenvalue weighted by atomic mass is 16.5. The second-order valence-corrected chi connectivity index (χ2v) is 9.59. The maximum Gasteiger partial charge on any atom is 0.407 e. The van der Waals surface area contributed by atoms with E-state index in [9.17, 15) is 14.4 Å². The SMILES string of the molecule is CC(C)CN(CC(=O)O)C(=O)C[C@H](NC(=O)OCC1c2ccccc2-c2ccccc21)C(C)C. The van der Waals surface area contributed by atoms with Crippen molar-refractivity contribution >= 4 is 18.0 Å². The average molecular weight is 467 g/mol. The van der Waals surface area contributed by atoms with E-state index < -0.39 is 18.1 Å². The van der Waals surface area contributed by atoms with E-state index in [1.807, 2.05) is 52.0 Å². The van der Waals surface area contributed by atoms with Gasteiger partial charge in [-0.25, -0.2) is 4.79 Å². The summed E-state index contributed by atoms with van der Waals surface area (Å²) in [5, 5.41) is 12.0. The van der Waals surface area contributed by atoms with Gasteiger partial charge >= 0.3 is 12.1 Å². The van der Waals surface area contributed by atoms with Gasteiger partial charge in [-0.2, -0.15) is 0 Å². The molecule has 7 nitrogen and oxygen atoms in total. The molecule has 1 atom stereocenters. The van der Waals surface area contributed by atoms with Gasteiger partial charge in [0.15, 0.2) is 0 Å². The number of ether oxygens (including phenoxy) is 1. The Morgan fingerprint density at radius 2 is 1.53 bits per heavy atom. The van der Waals surface area contributed by atoms with Gasteiger partial charge in [0.1, 0.15) is 13.2 Å². The van der Waals surface area contributed by atoms with Crippen molar-refractivity contribution < 1.29 is 24.2 Å². The first kappa shape index (κ1) is 25.3. The minimum absolute atomic E-state index is 0.0157. The van der Waals surface area contributed by atoms with Crippen LogP contribution in [0.2, 0.25) is 0 Å². The zero-order valence-electron chi connectivity index (χ0n) is 20.3. The number of nitrogens with zero attached hydrogens (tertiary/aromatic N) is 1. The summed E-state index contributed by atoms with van der Waals surface area (Å²) in [7, 11) is 0. The third-order valence-electron chi connectivity index (χ3n) is 6.11. The largest absolute Gasteiger partial charge is 0.480 e. The highest BCUT2D eigenvalue weighted by molar-refractivity contribution is 5.82. The quantitative estimate of drug-likeness (QED) is 0.537. The minimum Gasteiger partial charge on any atom is -0.480 e. The summed E-state index contributed by atoms with van der Waals surface area (Å²) in [4.78, 5) is 38.0. The predicted molar refractivity (Wildman–Crippen MR) is 131 cm³/mol. The number of hydrogen-bond acceptors (Lipinski definition) is 4. The molecule has 1 aliphatic carbocycles. The fourth-order valence-electron chi connectivity index (χ4n) is 4.42. The first-order valence-electron chi connectivity index (χ1n) is 11.8. The van der Waals surface area contributed by atoms with Gasteiger partial charge in [0.05, 0.1) is 0 Å². The number of nitrogens with one attached hydrogen (secondary N) is 1. The van der Waals surface area contributed by atoms with Crippen LogP contribution in [0.1, 0.15) is 51.2 Å². The number of rotatable bonds is 10. The van der Waals surface area contributed by atoms with Crippen LogP contribution < -0.4 is 5.32 Å². The second-order valence-electron chi connectivity index (χ2n) is 9.59. The van der Waals surface area contributed by atoms with Crippen LogP contribution in [0.15, 0.2) is 48.5 Å². The van der Waals surface area contributed by atoms with Crippen LogP contribution in [0.3, 0.4) is 0 Å². The number of fused-ring (bicyclic) bond motifs is 3. The molecule has 0 fully saturated rings. The van der Waals surface area contributed by atoms with Gasteiger partial charge in [-0.3, -0.25) is 9.59 Å². The summed E-state index contributed by atoms with van der Waals surface area (Å²) in [5.41, 5.74) is 4.57. The molecule has 2 aromatic carbocycles. The molecule has 0 spiro atoms. The molecule has 0 bridgehead atoms. The molecule has 182 valence electrons. The van der Waals surface area contributed by atoms with E-state index >= 15 is 0 Å². The first-order valence-corrected chi connectivity index (χ1v) is 11.8. The molecular formula is C27H34N2O5. The number of hydrogen-bond donors (Lipinski definition) is 2. The molecule has 0 saturated heterocycles. The van der Waals surface area contributed by atoms with E-state index in [2.05, 4.69) is 29.6 Å². The Kier molecular flexibility index (Phi) is 8.31. The molecule has 0 aromatic heterocycles. The summed E-state index contributed by atoms with van der Waals surface area (Å²) in [5.74, 6) is -1.30. The van der Waals surface area contributed by atoms with E-state index in [0.717, 1.165) is 22.3 Å². The number of carbonyl (C=O) groups is 3. The topological polar surface area (TPSA) is 95.9 Å². The number of aliphatic carboxylic acids is 1. The predicted octanol–water partition coefficient (Wildman–Crippen LogP) is 4.51. The van der Waals surface area contributed by atoms with Gasteiger partial charge in [-0.1, -0.05) is 76.2 Å². The van der Waals surface area contributed by atoms with Gasteiger partial charge in [-0.15, -0.1) is 0 Å². The normalized spacial score (nSPS) is 13.4. The molecule has 0 aliphatic heterocycles. The maximum atomic E-state index is 12.8. The van der Waals surface area contributed by atoms with Crippen LogP contribution >= 0.6 is 0 Å². The molecule has 3 rings (SSSR count). The molecule has 7 heteroatoms. The van der Waals surface area contributed by atoms with Crippen LogP contribution in [0.5, 0.6) is 0 Å². The van der Waals surface area contributed by atoms with Crippen molar-refractivity contribution in [1.82, 2.24) is 10.2 Å². The lowest BCUT2D eigenvalue weighted by molar-refractivity contribution is -0.145. The van der Waals surface area contributed by atoms with E-state index in [0.29, 0.717) is 6.54 Å². The third kappa shape index (κ3) is 6.16. The van der Waals surface area contributed by atoms with Crippen molar-refractivity contribution in [2.24, 2.45) is 11.8 Å². The molecule has 0 radical (unpaired) electrons. The summed E-state index contributed by atoms with van der Waals surface area (Å²) >= 11 is 0. The minimum atomic E-state index is -1.06. The van der Waals surface area contributed by atoms with Gasteiger partial charge in [0.25, 0.3) is 0 Å². The molecular weight excluding hydrogens is 432 g/mol. The third-order valence-corrected chi connectivity index (χ3v) is 6.11. The standard InChI is InChI=1S/C27H34N2O5/c1-17(2)14-29(15-26(31)32)25(30)13-24(18(3)4)28-27(33)34-16-23-21-11-7-5-9-19(21)20-10-6-8-12-22(20)23/h5-12,17-18,23-24H,13-16H2,1-4H3,(H,28,33)(H,31,32)/t24-/m0/s1. The van der Waals surface area contributed by atoms with Crippen LogP contribution in [-0.2, 0) is 14.3 Å². The highest BCUT2D eigenvalue weighted by Crippen LogP contribution is 2.44. The Morgan fingerprint density at radius 1 is 0.971 bits per heavy atom. The summed E-state index contributed by atoms with van der Waals surface area (Å²) in [6, 6.07) is 15.8. The van der Waals surface area contributed by atoms with E-state index in [1.165, 1.54) is 4.90 Å². The lowest BCUT2D eigenvalue weighted by Crippen LogP contribution is -2.45. The Morgan fingerprint density at radius 3 is 2.03 bits per heavy atom. The summed E-state index contributed by atoms with van der Waals surface area (Å²) in [6.45, 7) is 7.86. The molecule has 2 N–H and O–H groups in total. The Bertz CT molecular complexity index is 988. The van der Waals surface area contributed by atoms with E-state index in [1.54, 1.807) is 0 Å². The van der Waals surface area contributed by atoms with Crippen LogP contribution in [0, 0.1) is 11.8 Å². The van der Waals surface area contributed by atoms with Gasteiger partial charge in [0.2, 0.25) is 5.91 Å². The van der Waals surface area contributed by atoms with Gasteiger partial charge in [0, 0.05) is 24.9 Å². The highest BCUT2D eigenvalue weighted by Gasteiger charge is 2.30. The second kappa shape index (κ2) is 11.2. The van der Waals surface area contributed by atoms with Crippen molar-refractivity contribution in [3.05, 3.63) is 59.7 Å². The van der Waals surface area contributed by atoms with Crippen molar-refractivity contribution in [3.63, 3.8) is 0 Å². The number of carbonyl (C=O) groups excluding carboxylic acids is 2. The Labute approximate surface area is 201 Å². The number of benzene rings is 2. The zero-order chi connectivity index (χ0) is 24.8. The molecule has 0 saturated carbocycles. The van der Waals surface area contributed by atoms with Crippen LogP contribution in [0.4, 0.5) is 4.79 Å². The summed E-state index contributed by atoms with van der Waals surface area (Å²) < 4.78 is 5.62. The maximum absolute atomic E-state index is 12.8. The fourth-order valence-corrected chi connectivity index (χ4v) is 4.42. The molecule has 0 unspecified atom stereocenters. The van der Waals surface area contributed by atoms with Crippen LogP contribution in [-0.4, -0.2) is 53.7 Å². The molecule has 0 heterocycles. The van der Waals surface area contributed by atoms with Gasteiger partial charge < -0.3 is 20.1 Å². The van der Waals surface area contributed by atoms with Crippen LogP contribution in [0.25, 0.3) is 11.1 Å². The van der Waals surface area contributed by atoms with E-state index in [4.69, 9.17) is 9.84 Å². The lowest BCUT2D eigenvalue weighted by atomic mass is 9.98.